The van der Waals surface area contributed by atoms with Crippen molar-refractivity contribution in [2.45, 2.75) is 6.42 Å². The Hall–Kier alpha value is -1.30. The molecule has 11 heavy (non-hydrogen) atoms. The van der Waals surface area contributed by atoms with Crippen LogP contribution in [-0.2, 0) is 6.42 Å². The molecule has 0 aromatic rings. The van der Waals surface area contributed by atoms with Gasteiger partial charge in [-0.1, -0.05) is 36.4 Å². The maximum absolute atomic E-state index is 2.23. The van der Waals surface area contributed by atoms with Crippen molar-refractivity contribution < 1.29 is 0 Å². The van der Waals surface area contributed by atoms with E-state index in [-0.39, 0.29) is 0 Å². The standard InChI is InChI=1S/C11H8/c1-2-4-10-9-5-6-11(10)8(3-1)7-9/h1-6H,7H2. The molecular weight excluding hydrogens is 132 g/mol. The Morgan fingerprint density at radius 1 is 0.727 bits per heavy atom. The molecule has 0 amide bonds. The molecule has 0 aliphatic heterocycles. The third-order valence-corrected chi connectivity index (χ3v) is 2.49. The van der Waals surface area contributed by atoms with Crippen molar-refractivity contribution in [3.63, 3.8) is 0 Å². The van der Waals surface area contributed by atoms with Gasteiger partial charge in [0.15, 0.2) is 0 Å². The third kappa shape index (κ3) is 0.548. The highest BCUT2D eigenvalue weighted by molar-refractivity contribution is 5.79. The highest BCUT2D eigenvalue weighted by Crippen LogP contribution is 2.38. The summed E-state index contributed by atoms with van der Waals surface area (Å²) in [4.78, 5) is 0. The van der Waals surface area contributed by atoms with E-state index in [1.165, 1.54) is 22.3 Å². The van der Waals surface area contributed by atoms with Crippen molar-refractivity contribution in [2.75, 3.05) is 0 Å². The van der Waals surface area contributed by atoms with E-state index in [0.717, 1.165) is 6.42 Å². The molecule has 0 fully saturated rings. The van der Waals surface area contributed by atoms with Gasteiger partial charge in [-0.15, -0.1) is 0 Å². The molecule has 4 bridgehead atoms. The summed E-state index contributed by atoms with van der Waals surface area (Å²) in [5.41, 5.74) is 5.88. The average molecular weight is 140 g/mol. The molecule has 0 aromatic carbocycles. The van der Waals surface area contributed by atoms with Crippen LogP contribution in [0.3, 0.4) is 0 Å². The summed E-state index contributed by atoms with van der Waals surface area (Å²) in [7, 11) is 0. The summed E-state index contributed by atoms with van der Waals surface area (Å²) in [5.74, 6) is 0. The van der Waals surface area contributed by atoms with Gasteiger partial charge in [0.05, 0.1) is 0 Å². The van der Waals surface area contributed by atoms with Gasteiger partial charge in [0, 0.05) is 0 Å². The molecule has 3 rings (SSSR count). The smallest absolute Gasteiger partial charge is 0.00135 e. The molecule has 0 heteroatoms. The fraction of sp³-hybridized carbons (Fsp3) is 0.0909. The first-order chi connectivity index (χ1) is 5.45. The molecule has 0 aromatic heterocycles. The van der Waals surface area contributed by atoms with Crippen LogP contribution in [0.15, 0.2) is 36.4 Å². The second kappa shape index (κ2) is 1.65. The minimum Gasteiger partial charge on any atom is -0.0619 e. The molecule has 3 aliphatic carbocycles. The summed E-state index contributed by atoms with van der Waals surface area (Å²) >= 11 is 0. The summed E-state index contributed by atoms with van der Waals surface area (Å²) in [6, 6.07) is 13.1. The lowest BCUT2D eigenvalue weighted by atomic mass is 10.1. The van der Waals surface area contributed by atoms with Crippen LogP contribution >= 0.6 is 0 Å². The summed E-state index contributed by atoms with van der Waals surface area (Å²) in [6.07, 6.45) is 1.15. The van der Waals surface area contributed by atoms with Gasteiger partial charge in [-0.05, 0) is 28.7 Å². The zero-order valence-corrected chi connectivity index (χ0v) is 6.17. The van der Waals surface area contributed by atoms with Gasteiger partial charge in [-0.2, -0.15) is 0 Å². The molecule has 3 aliphatic rings. The van der Waals surface area contributed by atoms with Crippen molar-refractivity contribution in [1.29, 1.82) is 0 Å². The molecular formula is C11H8. The van der Waals surface area contributed by atoms with Gasteiger partial charge in [0.25, 0.3) is 0 Å². The molecule has 0 N–H and O–H groups in total. The van der Waals surface area contributed by atoms with Crippen LogP contribution in [0.2, 0.25) is 0 Å². The quantitative estimate of drug-likeness (QED) is 0.450. The predicted octanol–water partition coefficient (Wildman–Crippen LogP) is 2.70. The number of rotatable bonds is 0. The SMILES string of the molecule is c1ccc2c3ccc-2c(c1)C3. The van der Waals surface area contributed by atoms with Gasteiger partial charge in [-0.3, -0.25) is 0 Å². The van der Waals surface area contributed by atoms with Crippen LogP contribution in [0.25, 0.3) is 11.1 Å². The second-order valence-electron chi connectivity index (χ2n) is 3.11. The van der Waals surface area contributed by atoms with Crippen LogP contribution in [0.4, 0.5) is 0 Å². The van der Waals surface area contributed by atoms with Crippen LogP contribution < -0.4 is 0 Å². The Kier molecular flexibility index (Phi) is 0.803. The monoisotopic (exact) mass is 140 g/mol. The maximum atomic E-state index is 2.23. The second-order valence-corrected chi connectivity index (χ2v) is 3.11. The van der Waals surface area contributed by atoms with Crippen LogP contribution in [-0.4, -0.2) is 0 Å². The minimum atomic E-state index is 1.15. The lowest BCUT2D eigenvalue weighted by Gasteiger charge is -1.92. The van der Waals surface area contributed by atoms with Crippen molar-refractivity contribution in [3.8, 4) is 11.1 Å². The Morgan fingerprint density at radius 2 is 1.45 bits per heavy atom. The van der Waals surface area contributed by atoms with E-state index in [9.17, 15) is 0 Å². The molecule has 0 radical (unpaired) electrons. The Balaban J connectivity index is 2.56. The lowest BCUT2D eigenvalue weighted by Crippen LogP contribution is -1.78. The first-order valence-electron chi connectivity index (χ1n) is 3.95. The maximum Gasteiger partial charge on any atom is -0.00135 e. The Bertz CT molecular complexity index is 388. The molecule has 0 spiro atoms. The predicted molar refractivity (Wildman–Crippen MR) is 45.9 cm³/mol. The third-order valence-electron chi connectivity index (χ3n) is 2.49. The molecule has 0 saturated heterocycles. The molecule has 0 atom stereocenters. The van der Waals surface area contributed by atoms with E-state index < -0.39 is 0 Å². The van der Waals surface area contributed by atoms with Crippen molar-refractivity contribution in [3.05, 3.63) is 47.5 Å². The summed E-state index contributed by atoms with van der Waals surface area (Å²) in [5, 5.41) is 0. The van der Waals surface area contributed by atoms with E-state index in [2.05, 4.69) is 36.4 Å². The first kappa shape index (κ1) is 5.36. The largest absolute Gasteiger partial charge is 0.0619 e. The van der Waals surface area contributed by atoms with Gasteiger partial charge in [0.2, 0.25) is 0 Å². The zero-order chi connectivity index (χ0) is 7.26. The highest BCUT2D eigenvalue weighted by atomic mass is 14.2. The Morgan fingerprint density at radius 3 is 2.45 bits per heavy atom. The molecule has 0 saturated carbocycles. The molecule has 0 unspecified atom stereocenters. The van der Waals surface area contributed by atoms with E-state index in [0.29, 0.717) is 0 Å². The normalized spacial score (nSPS) is 13.1. The fourth-order valence-electron chi connectivity index (χ4n) is 1.94. The van der Waals surface area contributed by atoms with Gasteiger partial charge in [0.1, 0.15) is 0 Å². The van der Waals surface area contributed by atoms with Gasteiger partial charge < -0.3 is 0 Å². The van der Waals surface area contributed by atoms with Crippen molar-refractivity contribution >= 4 is 0 Å². The molecule has 52 valence electrons. The van der Waals surface area contributed by atoms with E-state index in [1.807, 2.05) is 0 Å². The topological polar surface area (TPSA) is 0 Å². The molecule has 0 heterocycles. The van der Waals surface area contributed by atoms with E-state index in [4.69, 9.17) is 0 Å². The van der Waals surface area contributed by atoms with Crippen LogP contribution in [0.5, 0.6) is 0 Å². The highest BCUT2D eigenvalue weighted by Gasteiger charge is 2.18. The van der Waals surface area contributed by atoms with Crippen LogP contribution in [0, 0.1) is 0 Å². The average Bonchev–Trinajstić information content (AvgIpc) is 2.42. The minimum absolute atomic E-state index is 1.15. The zero-order valence-electron chi connectivity index (χ0n) is 6.17. The van der Waals surface area contributed by atoms with Gasteiger partial charge in [-0.25, -0.2) is 0 Å². The summed E-state index contributed by atoms with van der Waals surface area (Å²) < 4.78 is 0. The van der Waals surface area contributed by atoms with Crippen molar-refractivity contribution in [2.24, 2.45) is 0 Å². The summed E-state index contributed by atoms with van der Waals surface area (Å²) in [6.45, 7) is 0. The fourth-order valence-corrected chi connectivity index (χ4v) is 1.94. The van der Waals surface area contributed by atoms with Crippen LogP contribution in [0.1, 0.15) is 11.1 Å². The Labute approximate surface area is 65.8 Å². The lowest BCUT2D eigenvalue weighted by molar-refractivity contribution is 1.25. The van der Waals surface area contributed by atoms with Crippen molar-refractivity contribution in [1.82, 2.24) is 0 Å². The number of hydrogen-bond acceptors (Lipinski definition) is 0. The van der Waals surface area contributed by atoms with E-state index >= 15 is 0 Å². The van der Waals surface area contributed by atoms with E-state index in [1.54, 1.807) is 0 Å². The number of hydrogen-bond donors (Lipinski definition) is 0. The molecule has 0 nitrogen and oxygen atoms in total. The van der Waals surface area contributed by atoms with Gasteiger partial charge >= 0.3 is 0 Å². The first-order valence-corrected chi connectivity index (χ1v) is 3.95.